The molecule has 0 aliphatic rings. The molecular weight excluding hydrogens is 427 g/mol. The standard InChI is InChI=1S/C18H28Cl2N2O2.BrH/c1-4-6-18(23)24-17-13-15(22(11-9-19)12-10-20)7-8-16(17)14(3)21-5-2;/h7-8,13-14,21H,4-6,9-12H2,1-3H3;1H. The molecule has 1 aromatic carbocycles. The molecule has 0 bridgehead atoms. The van der Waals surface area contributed by atoms with Crippen LogP contribution in [0.5, 0.6) is 5.75 Å². The molecule has 0 radical (unpaired) electrons. The first kappa shape index (κ1) is 24.5. The smallest absolute Gasteiger partial charge is 0.311 e. The number of anilines is 1. The second-order valence-electron chi connectivity index (χ2n) is 5.59. The third kappa shape index (κ3) is 8.16. The van der Waals surface area contributed by atoms with Crippen molar-refractivity contribution >= 4 is 51.8 Å². The first-order valence-corrected chi connectivity index (χ1v) is 9.59. The summed E-state index contributed by atoms with van der Waals surface area (Å²) in [6, 6.07) is 6.05. The van der Waals surface area contributed by atoms with Crippen molar-refractivity contribution in [1.29, 1.82) is 0 Å². The number of ether oxygens (including phenoxy) is 1. The van der Waals surface area contributed by atoms with Crippen LogP contribution in [-0.4, -0.2) is 37.4 Å². The number of alkyl halides is 2. The van der Waals surface area contributed by atoms with Gasteiger partial charge in [-0.2, -0.15) is 0 Å². The monoisotopic (exact) mass is 454 g/mol. The van der Waals surface area contributed by atoms with Crippen LogP contribution in [0.15, 0.2) is 18.2 Å². The molecule has 1 aromatic rings. The van der Waals surface area contributed by atoms with E-state index in [0.29, 0.717) is 37.0 Å². The van der Waals surface area contributed by atoms with Gasteiger partial charge in [-0.15, -0.1) is 40.2 Å². The zero-order valence-electron chi connectivity index (χ0n) is 15.2. The Balaban J connectivity index is 0.00000576. The molecule has 0 saturated carbocycles. The number of hydrogen-bond donors (Lipinski definition) is 1. The Morgan fingerprint density at radius 1 is 1.24 bits per heavy atom. The van der Waals surface area contributed by atoms with Crippen LogP contribution in [0.1, 0.15) is 45.2 Å². The number of halogens is 3. The van der Waals surface area contributed by atoms with Crippen molar-refractivity contribution in [3.05, 3.63) is 23.8 Å². The first-order valence-electron chi connectivity index (χ1n) is 8.52. The van der Waals surface area contributed by atoms with Gasteiger partial charge in [-0.25, -0.2) is 0 Å². The van der Waals surface area contributed by atoms with Crippen molar-refractivity contribution in [3.8, 4) is 5.75 Å². The molecule has 144 valence electrons. The topological polar surface area (TPSA) is 41.6 Å². The van der Waals surface area contributed by atoms with E-state index in [1.807, 2.05) is 25.1 Å². The summed E-state index contributed by atoms with van der Waals surface area (Å²) in [5.74, 6) is 1.42. The average molecular weight is 456 g/mol. The van der Waals surface area contributed by atoms with Crippen LogP contribution in [0.2, 0.25) is 0 Å². The highest BCUT2D eigenvalue weighted by molar-refractivity contribution is 8.93. The predicted molar refractivity (Wildman–Crippen MR) is 113 cm³/mol. The van der Waals surface area contributed by atoms with E-state index in [4.69, 9.17) is 27.9 Å². The van der Waals surface area contributed by atoms with E-state index in [2.05, 4.69) is 24.1 Å². The molecule has 4 nitrogen and oxygen atoms in total. The van der Waals surface area contributed by atoms with E-state index in [1.165, 1.54) is 0 Å². The Morgan fingerprint density at radius 3 is 2.40 bits per heavy atom. The first-order chi connectivity index (χ1) is 11.6. The number of carbonyl (C=O) groups is 1. The van der Waals surface area contributed by atoms with Crippen molar-refractivity contribution in [2.45, 2.75) is 39.7 Å². The second kappa shape index (κ2) is 13.7. The number of benzene rings is 1. The van der Waals surface area contributed by atoms with Gasteiger partial charge in [0.1, 0.15) is 5.75 Å². The number of nitrogens with one attached hydrogen (secondary N) is 1. The van der Waals surface area contributed by atoms with Gasteiger partial charge in [0.2, 0.25) is 0 Å². The van der Waals surface area contributed by atoms with Gasteiger partial charge in [-0.1, -0.05) is 19.9 Å². The molecule has 0 spiro atoms. The average Bonchev–Trinajstić information content (AvgIpc) is 2.55. The Hall–Kier alpha value is -0.490. The number of carbonyl (C=O) groups excluding carboxylic acids is 1. The number of rotatable bonds is 11. The summed E-state index contributed by atoms with van der Waals surface area (Å²) >= 11 is 11.8. The fraction of sp³-hybridized carbons (Fsp3) is 0.611. The van der Waals surface area contributed by atoms with Crippen molar-refractivity contribution < 1.29 is 9.53 Å². The van der Waals surface area contributed by atoms with Gasteiger partial charge in [0.15, 0.2) is 0 Å². The molecule has 0 amide bonds. The van der Waals surface area contributed by atoms with E-state index in [1.54, 1.807) is 0 Å². The molecule has 7 heteroatoms. The van der Waals surface area contributed by atoms with E-state index < -0.39 is 0 Å². The lowest BCUT2D eigenvalue weighted by molar-refractivity contribution is -0.134. The Labute approximate surface area is 172 Å². The van der Waals surface area contributed by atoms with Gasteiger partial charge in [0, 0.05) is 54.6 Å². The lowest BCUT2D eigenvalue weighted by Gasteiger charge is -2.25. The molecule has 0 heterocycles. The lowest BCUT2D eigenvalue weighted by Crippen LogP contribution is -2.28. The van der Waals surface area contributed by atoms with Gasteiger partial charge in [0.25, 0.3) is 0 Å². The summed E-state index contributed by atoms with van der Waals surface area (Å²) in [5.41, 5.74) is 1.93. The predicted octanol–water partition coefficient (Wildman–Crippen LogP) is 4.92. The van der Waals surface area contributed by atoms with Gasteiger partial charge < -0.3 is 15.0 Å². The van der Waals surface area contributed by atoms with Gasteiger partial charge in [-0.05, 0) is 26.0 Å². The molecular formula is C18H29BrCl2N2O2. The highest BCUT2D eigenvalue weighted by atomic mass is 79.9. The Kier molecular flexibility index (Phi) is 13.4. The molecule has 1 unspecified atom stereocenters. The van der Waals surface area contributed by atoms with Crippen LogP contribution >= 0.6 is 40.2 Å². The van der Waals surface area contributed by atoms with Crippen molar-refractivity contribution in [3.63, 3.8) is 0 Å². The quantitative estimate of drug-likeness (QED) is 0.292. The molecule has 0 aliphatic carbocycles. The maximum Gasteiger partial charge on any atom is 0.311 e. The molecule has 0 saturated heterocycles. The Bertz CT molecular complexity index is 512. The lowest BCUT2D eigenvalue weighted by atomic mass is 10.1. The summed E-state index contributed by atoms with van der Waals surface area (Å²) in [6.07, 6.45) is 1.17. The van der Waals surface area contributed by atoms with Gasteiger partial charge >= 0.3 is 5.97 Å². The van der Waals surface area contributed by atoms with E-state index in [-0.39, 0.29) is 29.0 Å². The fourth-order valence-corrected chi connectivity index (χ4v) is 2.94. The molecule has 25 heavy (non-hydrogen) atoms. The zero-order chi connectivity index (χ0) is 17.9. The SMILES string of the molecule is Br.CCCC(=O)Oc1cc(N(CCCl)CCCl)ccc1C(C)NCC. The highest BCUT2D eigenvalue weighted by Gasteiger charge is 2.16. The summed E-state index contributed by atoms with van der Waals surface area (Å²) < 4.78 is 5.63. The number of hydrogen-bond acceptors (Lipinski definition) is 4. The minimum absolute atomic E-state index is 0. The zero-order valence-corrected chi connectivity index (χ0v) is 18.4. The van der Waals surface area contributed by atoms with Gasteiger partial charge in [-0.3, -0.25) is 4.79 Å². The second-order valence-corrected chi connectivity index (χ2v) is 6.35. The molecule has 1 N–H and O–H groups in total. The third-order valence-electron chi connectivity index (χ3n) is 3.73. The van der Waals surface area contributed by atoms with Crippen molar-refractivity contribution in [2.75, 3.05) is 36.3 Å². The normalized spacial score (nSPS) is 11.6. The summed E-state index contributed by atoms with van der Waals surface area (Å²) in [4.78, 5) is 14.1. The van der Waals surface area contributed by atoms with Crippen LogP contribution in [0, 0.1) is 0 Å². The van der Waals surface area contributed by atoms with E-state index >= 15 is 0 Å². The van der Waals surface area contributed by atoms with Crippen molar-refractivity contribution in [2.24, 2.45) is 0 Å². The maximum absolute atomic E-state index is 12.0. The summed E-state index contributed by atoms with van der Waals surface area (Å²) in [7, 11) is 0. The number of nitrogens with zero attached hydrogens (tertiary/aromatic N) is 1. The third-order valence-corrected chi connectivity index (χ3v) is 4.06. The van der Waals surface area contributed by atoms with Crippen LogP contribution < -0.4 is 15.0 Å². The van der Waals surface area contributed by atoms with E-state index in [9.17, 15) is 4.79 Å². The minimum atomic E-state index is -0.208. The molecule has 1 rings (SSSR count). The van der Waals surface area contributed by atoms with Crippen LogP contribution in [0.3, 0.4) is 0 Å². The van der Waals surface area contributed by atoms with Crippen LogP contribution in [0.4, 0.5) is 5.69 Å². The fourth-order valence-electron chi connectivity index (χ4n) is 2.53. The molecule has 1 atom stereocenters. The minimum Gasteiger partial charge on any atom is -0.426 e. The molecule has 0 fully saturated rings. The van der Waals surface area contributed by atoms with Crippen LogP contribution in [-0.2, 0) is 4.79 Å². The summed E-state index contributed by atoms with van der Waals surface area (Å²) in [5, 5.41) is 3.36. The van der Waals surface area contributed by atoms with Gasteiger partial charge in [0.05, 0.1) is 0 Å². The highest BCUT2D eigenvalue weighted by Crippen LogP contribution is 2.31. The van der Waals surface area contributed by atoms with E-state index in [0.717, 1.165) is 24.2 Å². The largest absolute Gasteiger partial charge is 0.426 e. The van der Waals surface area contributed by atoms with Crippen LogP contribution in [0.25, 0.3) is 0 Å². The maximum atomic E-state index is 12.0. The summed E-state index contributed by atoms with van der Waals surface area (Å²) in [6.45, 7) is 8.30. The van der Waals surface area contributed by atoms with Crippen molar-refractivity contribution in [1.82, 2.24) is 5.32 Å². The molecule has 0 aromatic heterocycles. The molecule has 0 aliphatic heterocycles. The number of esters is 1. The Morgan fingerprint density at radius 2 is 1.88 bits per heavy atom.